The number of carbonyl (C=O) groups excluding carboxylic acids is 1. The van der Waals surface area contributed by atoms with Gasteiger partial charge in [0.05, 0.1) is 12.6 Å². The Balaban J connectivity index is 2.85. The zero-order valence-electron chi connectivity index (χ0n) is 8.71. The maximum Gasteiger partial charge on any atom is 0.343 e. The van der Waals surface area contributed by atoms with Crippen LogP contribution in [0.4, 0.5) is 0 Å². The van der Waals surface area contributed by atoms with Crippen molar-refractivity contribution in [3.05, 3.63) is 43.6 Å². The molecule has 0 atom stereocenters. The highest BCUT2D eigenvalue weighted by molar-refractivity contribution is 9.10. The molecule has 0 unspecified atom stereocenters. The topological polar surface area (TPSA) is 59.2 Å². The largest absolute Gasteiger partial charge is 0.465 e. The van der Waals surface area contributed by atoms with Crippen LogP contribution in [0.15, 0.2) is 27.6 Å². The van der Waals surface area contributed by atoms with Gasteiger partial charge < -0.3 is 9.72 Å². The lowest BCUT2D eigenvalue weighted by molar-refractivity contribution is 0.0599. The number of hydrogen-bond donors (Lipinski definition) is 1. The molecule has 2 aromatic rings. The van der Waals surface area contributed by atoms with Crippen LogP contribution in [-0.2, 0) is 4.74 Å². The Kier molecular flexibility index (Phi) is 3.22. The van der Waals surface area contributed by atoms with E-state index in [0.717, 1.165) is 0 Å². The highest BCUT2D eigenvalue weighted by Crippen LogP contribution is 2.24. The van der Waals surface area contributed by atoms with E-state index in [1.165, 1.54) is 19.4 Å². The first-order valence-corrected chi connectivity index (χ1v) is 5.80. The second-order valence-corrected chi connectivity index (χ2v) is 4.62. The molecule has 1 heterocycles. The highest BCUT2D eigenvalue weighted by atomic mass is 79.9. The summed E-state index contributed by atoms with van der Waals surface area (Å²) in [4.78, 5) is 26.3. The minimum atomic E-state index is -0.677. The van der Waals surface area contributed by atoms with Crippen LogP contribution in [0.1, 0.15) is 10.4 Å². The third-order valence-electron chi connectivity index (χ3n) is 2.31. The number of hydrogen-bond acceptors (Lipinski definition) is 3. The maximum absolute atomic E-state index is 12.0. The Morgan fingerprint density at radius 3 is 2.82 bits per heavy atom. The average Bonchev–Trinajstić information content (AvgIpc) is 2.29. The van der Waals surface area contributed by atoms with E-state index in [9.17, 15) is 9.59 Å². The molecule has 0 aliphatic heterocycles. The van der Waals surface area contributed by atoms with E-state index < -0.39 is 11.4 Å². The number of carbonyl (C=O) groups is 1. The summed E-state index contributed by atoms with van der Waals surface area (Å²) in [6.45, 7) is 0. The second-order valence-electron chi connectivity index (χ2n) is 3.33. The molecule has 6 heteroatoms. The molecule has 1 aromatic carbocycles. The van der Waals surface area contributed by atoms with Gasteiger partial charge in [-0.25, -0.2) is 4.79 Å². The fourth-order valence-electron chi connectivity index (χ4n) is 1.52. The molecule has 88 valence electrons. The molecule has 0 radical (unpaired) electrons. The molecule has 1 N–H and O–H groups in total. The summed E-state index contributed by atoms with van der Waals surface area (Å²) < 4.78 is 5.18. The summed E-state index contributed by atoms with van der Waals surface area (Å²) in [7, 11) is 1.22. The summed E-state index contributed by atoms with van der Waals surface area (Å²) in [5.74, 6) is -0.677. The number of aromatic amines is 1. The zero-order valence-corrected chi connectivity index (χ0v) is 11.1. The molecule has 2 rings (SSSR count). The lowest BCUT2D eigenvalue weighted by atomic mass is 10.1. The molecular weight excluding hydrogens is 309 g/mol. The zero-order chi connectivity index (χ0) is 12.6. The first-order valence-electron chi connectivity index (χ1n) is 4.63. The van der Waals surface area contributed by atoms with E-state index >= 15 is 0 Å². The predicted molar refractivity (Wildman–Crippen MR) is 68.6 cm³/mol. The first kappa shape index (κ1) is 12.1. The summed E-state index contributed by atoms with van der Waals surface area (Å²) in [6.07, 6.45) is 1.33. The van der Waals surface area contributed by atoms with Gasteiger partial charge >= 0.3 is 5.97 Å². The standard InChI is InChI=1S/C11H7BrClNO3/c1-17-11(16)7-4-14-9-6(10(7)15)2-5(13)3-8(9)12/h2-4H,1H3,(H,14,15). The van der Waals surface area contributed by atoms with Crippen LogP contribution in [0.25, 0.3) is 10.9 Å². The molecule has 0 saturated heterocycles. The molecule has 0 spiro atoms. The van der Waals surface area contributed by atoms with Crippen LogP contribution in [0.5, 0.6) is 0 Å². The SMILES string of the molecule is COC(=O)c1c[nH]c2c(Br)cc(Cl)cc2c1=O. The van der Waals surface area contributed by atoms with Gasteiger partial charge in [-0.1, -0.05) is 11.6 Å². The van der Waals surface area contributed by atoms with Crippen molar-refractivity contribution < 1.29 is 9.53 Å². The molecule has 0 amide bonds. The molecule has 0 saturated carbocycles. The molecule has 0 fully saturated rings. The van der Waals surface area contributed by atoms with E-state index in [0.29, 0.717) is 20.4 Å². The van der Waals surface area contributed by atoms with Gasteiger partial charge in [-0.2, -0.15) is 0 Å². The van der Waals surface area contributed by atoms with Gasteiger partial charge in [-0.05, 0) is 28.1 Å². The smallest absolute Gasteiger partial charge is 0.343 e. The van der Waals surface area contributed by atoms with E-state index in [1.54, 1.807) is 6.07 Å². The molecule has 4 nitrogen and oxygen atoms in total. The van der Waals surface area contributed by atoms with E-state index in [2.05, 4.69) is 25.7 Å². The molecule has 0 aliphatic carbocycles. The molecule has 0 aliphatic rings. The highest BCUT2D eigenvalue weighted by Gasteiger charge is 2.14. The van der Waals surface area contributed by atoms with Gasteiger partial charge in [0.1, 0.15) is 5.56 Å². The summed E-state index contributed by atoms with van der Waals surface area (Å²) in [5, 5.41) is 0.754. The van der Waals surface area contributed by atoms with Gasteiger partial charge in [0.15, 0.2) is 0 Å². The lowest BCUT2D eigenvalue weighted by Gasteiger charge is -2.04. The van der Waals surface area contributed by atoms with E-state index in [4.69, 9.17) is 11.6 Å². The van der Waals surface area contributed by atoms with Crippen molar-refractivity contribution in [2.75, 3.05) is 7.11 Å². The predicted octanol–water partition coefficient (Wildman–Crippen LogP) is 2.73. The minimum Gasteiger partial charge on any atom is -0.465 e. The normalized spacial score (nSPS) is 10.5. The molecule has 1 aromatic heterocycles. The molecule has 17 heavy (non-hydrogen) atoms. The maximum atomic E-state index is 12.0. The minimum absolute atomic E-state index is 0.0471. The number of pyridine rings is 1. The van der Waals surface area contributed by atoms with E-state index in [1.807, 2.05) is 0 Å². The van der Waals surface area contributed by atoms with Crippen molar-refractivity contribution in [2.24, 2.45) is 0 Å². The first-order chi connectivity index (χ1) is 8.04. The summed E-state index contributed by atoms with van der Waals surface area (Å²) >= 11 is 9.15. The lowest BCUT2D eigenvalue weighted by Crippen LogP contribution is -2.17. The van der Waals surface area contributed by atoms with Crippen LogP contribution in [0, 0.1) is 0 Å². The van der Waals surface area contributed by atoms with E-state index in [-0.39, 0.29) is 5.56 Å². The van der Waals surface area contributed by atoms with Crippen molar-refractivity contribution in [3.8, 4) is 0 Å². The Bertz CT molecular complexity index is 666. The number of benzene rings is 1. The van der Waals surface area contributed by atoms with Crippen LogP contribution >= 0.6 is 27.5 Å². The van der Waals surface area contributed by atoms with Crippen molar-refractivity contribution in [3.63, 3.8) is 0 Å². The average molecular weight is 317 g/mol. The number of methoxy groups -OCH3 is 1. The van der Waals surface area contributed by atoms with Crippen molar-refractivity contribution in [2.45, 2.75) is 0 Å². The van der Waals surface area contributed by atoms with Crippen molar-refractivity contribution in [1.29, 1.82) is 0 Å². The van der Waals surface area contributed by atoms with Crippen LogP contribution in [-0.4, -0.2) is 18.1 Å². The number of nitrogens with one attached hydrogen (secondary N) is 1. The Labute approximate surface area is 110 Å². The van der Waals surface area contributed by atoms with Gasteiger partial charge in [-0.3, -0.25) is 4.79 Å². The van der Waals surface area contributed by atoms with Crippen molar-refractivity contribution in [1.82, 2.24) is 4.98 Å². The van der Waals surface area contributed by atoms with Gasteiger partial charge in [0.2, 0.25) is 5.43 Å². The van der Waals surface area contributed by atoms with Gasteiger partial charge in [0, 0.05) is 21.1 Å². The number of rotatable bonds is 1. The number of esters is 1. The monoisotopic (exact) mass is 315 g/mol. The Hall–Kier alpha value is -1.33. The number of H-pyrrole nitrogens is 1. The number of aromatic nitrogens is 1. The quantitative estimate of drug-likeness (QED) is 0.823. The summed E-state index contributed by atoms with van der Waals surface area (Å²) in [6, 6.07) is 3.17. The van der Waals surface area contributed by atoms with Crippen molar-refractivity contribution >= 4 is 44.4 Å². The number of halogens is 2. The van der Waals surface area contributed by atoms with Crippen LogP contribution < -0.4 is 5.43 Å². The van der Waals surface area contributed by atoms with Crippen LogP contribution in [0.2, 0.25) is 5.02 Å². The second kappa shape index (κ2) is 4.50. The fourth-order valence-corrected chi connectivity index (χ4v) is 2.44. The van der Waals surface area contributed by atoms with Crippen LogP contribution in [0.3, 0.4) is 0 Å². The summed E-state index contributed by atoms with van der Waals surface area (Å²) in [5.41, 5.74) is 0.134. The molecular formula is C11H7BrClNO3. The third kappa shape index (κ3) is 2.08. The Morgan fingerprint density at radius 1 is 1.47 bits per heavy atom. The third-order valence-corrected chi connectivity index (χ3v) is 3.15. The molecule has 0 bridgehead atoms. The number of fused-ring (bicyclic) bond motifs is 1. The fraction of sp³-hybridized carbons (Fsp3) is 0.0909. The van der Waals surface area contributed by atoms with Gasteiger partial charge in [0.25, 0.3) is 0 Å². The van der Waals surface area contributed by atoms with Gasteiger partial charge in [-0.15, -0.1) is 0 Å². The Morgan fingerprint density at radius 2 is 2.18 bits per heavy atom. The number of ether oxygens (including phenoxy) is 1.